The van der Waals surface area contributed by atoms with Crippen LogP contribution in [0.15, 0.2) is 0 Å². The number of methoxy groups -OCH3 is 1. The van der Waals surface area contributed by atoms with Crippen molar-refractivity contribution in [3.63, 3.8) is 0 Å². The predicted octanol–water partition coefficient (Wildman–Crippen LogP) is 3.42. The van der Waals surface area contributed by atoms with Crippen LogP contribution in [0.5, 0.6) is 0 Å². The average Bonchev–Trinajstić information content (AvgIpc) is 2.55. The maximum atomic E-state index is 11.8. The van der Waals surface area contributed by atoms with Gasteiger partial charge in [-0.05, 0) is 33.6 Å². The average molecular weight is 365 g/mol. The first-order chi connectivity index (χ1) is 11.5. The molecule has 1 unspecified atom stereocenters. The fourth-order valence-corrected chi connectivity index (χ4v) is 5.14. The van der Waals surface area contributed by atoms with Crippen molar-refractivity contribution in [2.24, 2.45) is 5.92 Å². The highest BCUT2D eigenvalue weighted by molar-refractivity contribution is 6.60. The van der Waals surface area contributed by atoms with E-state index in [1.54, 1.807) is 7.11 Å². The number of ether oxygens (including phenoxy) is 2. The molecule has 0 N–H and O–H groups in total. The van der Waals surface area contributed by atoms with Gasteiger partial charge in [0.15, 0.2) is 0 Å². The Hall–Kier alpha value is -0.473. The first-order valence-corrected chi connectivity index (χ1v) is 11.1. The molecule has 0 heterocycles. The molecule has 0 saturated heterocycles. The molecule has 0 aliphatic rings. The van der Waals surface area contributed by atoms with Gasteiger partial charge >= 0.3 is 14.8 Å². The van der Waals surface area contributed by atoms with Crippen LogP contribution in [-0.2, 0) is 27.5 Å². The standard InChI is InChI=1S/C17H36O6Si/c1-6-21-24(22-7-2,23-8-3)15-11-9-10-12-16(4)17(18)20-14-13-19-5/h16H,6-15H2,1-5H3. The summed E-state index contributed by atoms with van der Waals surface area (Å²) < 4.78 is 27.5. The lowest BCUT2D eigenvalue weighted by molar-refractivity contribution is -0.149. The van der Waals surface area contributed by atoms with Crippen molar-refractivity contribution in [1.82, 2.24) is 0 Å². The number of hydrogen-bond acceptors (Lipinski definition) is 6. The van der Waals surface area contributed by atoms with Gasteiger partial charge in [0, 0.05) is 33.0 Å². The summed E-state index contributed by atoms with van der Waals surface area (Å²) in [5, 5.41) is 0. The zero-order valence-electron chi connectivity index (χ0n) is 16.1. The van der Waals surface area contributed by atoms with Gasteiger partial charge in [0.2, 0.25) is 0 Å². The Morgan fingerprint density at radius 2 is 1.50 bits per heavy atom. The maximum Gasteiger partial charge on any atom is 0.500 e. The molecule has 24 heavy (non-hydrogen) atoms. The third-order valence-corrected chi connectivity index (χ3v) is 6.80. The Bertz CT molecular complexity index is 296. The molecule has 0 spiro atoms. The van der Waals surface area contributed by atoms with E-state index in [2.05, 4.69) is 0 Å². The van der Waals surface area contributed by atoms with Gasteiger partial charge in [0.25, 0.3) is 0 Å². The number of rotatable bonds is 16. The van der Waals surface area contributed by atoms with E-state index in [-0.39, 0.29) is 11.9 Å². The van der Waals surface area contributed by atoms with Crippen LogP contribution in [0.25, 0.3) is 0 Å². The topological polar surface area (TPSA) is 63.2 Å². The second kappa shape index (κ2) is 14.8. The van der Waals surface area contributed by atoms with E-state index in [0.29, 0.717) is 33.0 Å². The van der Waals surface area contributed by atoms with Crippen LogP contribution in [0.3, 0.4) is 0 Å². The van der Waals surface area contributed by atoms with Crippen molar-refractivity contribution >= 4 is 14.8 Å². The van der Waals surface area contributed by atoms with E-state index < -0.39 is 8.80 Å². The predicted molar refractivity (Wildman–Crippen MR) is 95.9 cm³/mol. The molecule has 0 aromatic heterocycles. The van der Waals surface area contributed by atoms with Gasteiger partial charge in [-0.2, -0.15) is 0 Å². The van der Waals surface area contributed by atoms with Crippen molar-refractivity contribution in [3.05, 3.63) is 0 Å². The van der Waals surface area contributed by atoms with Gasteiger partial charge in [0.1, 0.15) is 6.61 Å². The molecular weight excluding hydrogens is 328 g/mol. The van der Waals surface area contributed by atoms with Crippen molar-refractivity contribution in [3.8, 4) is 0 Å². The maximum absolute atomic E-state index is 11.8. The van der Waals surface area contributed by atoms with Gasteiger partial charge < -0.3 is 22.8 Å². The quantitative estimate of drug-likeness (QED) is 0.238. The fourth-order valence-electron chi connectivity index (χ4n) is 2.46. The summed E-state index contributed by atoms with van der Waals surface area (Å²) in [7, 11) is -0.931. The van der Waals surface area contributed by atoms with Gasteiger partial charge in [-0.3, -0.25) is 4.79 Å². The number of esters is 1. The Kier molecular flexibility index (Phi) is 14.5. The number of carbonyl (C=O) groups is 1. The lowest BCUT2D eigenvalue weighted by Crippen LogP contribution is -2.45. The van der Waals surface area contributed by atoms with Crippen LogP contribution in [0.1, 0.15) is 53.4 Å². The van der Waals surface area contributed by atoms with Crippen LogP contribution in [-0.4, -0.2) is 54.9 Å². The second-order valence-corrected chi connectivity index (χ2v) is 8.37. The van der Waals surface area contributed by atoms with E-state index >= 15 is 0 Å². The molecule has 0 saturated carbocycles. The highest BCUT2D eigenvalue weighted by atomic mass is 28.4. The van der Waals surface area contributed by atoms with Crippen LogP contribution in [0, 0.1) is 5.92 Å². The Labute approximate surface area is 148 Å². The Morgan fingerprint density at radius 3 is 2.00 bits per heavy atom. The Balaban J connectivity index is 4.04. The summed E-state index contributed by atoms with van der Waals surface area (Å²) in [6, 6.07) is 0.829. The molecule has 0 amide bonds. The summed E-state index contributed by atoms with van der Waals surface area (Å²) in [5.41, 5.74) is 0. The second-order valence-electron chi connectivity index (χ2n) is 5.64. The molecule has 0 rings (SSSR count). The van der Waals surface area contributed by atoms with Crippen molar-refractivity contribution in [1.29, 1.82) is 0 Å². The first-order valence-electron chi connectivity index (χ1n) is 9.12. The van der Waals surface area contributed by atoms with E-state index in [4.69, 9.17) is 22.8 Å². The van der Waals surface area contributed by atoms with Crippen molar-refractivity contribution in [2.45, 2.75) is 59.4 Å². The molecule has 144 valence electrons. The van der Waals surface area contributed by atoms with Crippen LogP contribution in [0.2, 0.25) is 6.04 Å². The molecule has 0 aromatic rings. The summed E-state index contributed by atoms with van der Waals surface area (Å²) in [6.07, 6.45) is 3.82. The van der Waals surface area contributed by atoms with Gasteiger partial charge in [0.05, 0.1) is 12.5 Å². The molecule has 0 aliphatic heterocycles. The molecule has 0 radical (unpaired) electrons. The van der Waals surface area contributed by atoms with Gasteiger partial charge in [-0.15, -0.1) is 0 Å². The lowest BCUT2D eigenvalue weighted by Gasteiger charge is -2.28. The zero-order chi connectivity index (χ0) is 18.3. The third-order valence-electron chi connectivity index (χ3n) is 3.65. The smallest absolute Gasteiger partial charge is 0.463 e. The first kappa shape index (κ1) is 23.5. The summed E-state index contributed by atoms with van der Waals surface area (Å²) in [5.74, 6) is -0.219. The number of hydrogen-bond donors (Lipinski definition) is 0. The number of unbranched alkanes of at least 4 members (excludes halogenated alkanes) is 2. The van der Waals surface area contributed by atoms with E-state index in [1.807, 2.05) is 27.7 Å². The molecule has 0 aromatic carbocycles. The van der Waals surface area contributed by atoms with Crippen LogP contribution < -0.4 is 0 Å². The molecule has 7 heteroatoms. The summed E-state index contributed by atoms with van der Waals surface area (Å²) in [6.45, 7) is 10.4. The van der Waals surface area contributed by atoms with E-state index in [0.717, 1.165) is 31.7 Å². The van der Waals surface area contributed by atoms with Crippen LogP contribution >= 0.6 is 0 Å². The molecular formula is C17H36O6Si. The SMILES string of the molecule is CCO[Si](CCCCCC(C)C(=O)OCCOC)(OCC)OCC. The van der Waals surface area contributed by atoms with E-state index in [9.17, 15) is 4.79 Å². The minimum atomic E-state index is -2.52. The van der Waals surface area contributed by atoms with Gasteiger partial charge in [-0.1, -0.05) is 19.8 Å². The number of carbonyl (C=O) groups excluding carboxylic acids is 1. The minimum absolute atomic E-state index is 0.0745. The Morgan fingerprint density at radius 1 is 0.917 bits per heavy atom. The lowest BCUT2D eigenvalue weighted by atomic mass is 10.0. The molecule has 0 bridgehead atoms. The third kappa shape index (κ3) is 10.4. The highest BCUT2D eigenvalue weighted by Crippen LogP contribution is 2.21. The van der Waals surface area contributed by atoms with Crippen LogP contribution in [0.4, 0.5) is 0 Å². The van der Waals surface area contributed by atoms with Gasteiger partial charge in [-0.25, -0.2) is 0 Å². The minimum Gasteiger partial charge on any atom is -0.463 e. The normalized spacial score (nSPS) is 13.0. The molecule has 0 fully saturated rings. The summed E-state index contributed by atoms with van der Waals surface area (Å²) >= 11 is 0. The van der Waals surface area contributed by atoms with E-state index in [1.165, 1.54) is 0 Å². The fraction of sp³-hybridized carbons (Fsp3) is 0.941. The zero-order valence-corrected chi connectivity index (χ0v) is 17.1. The highest BCUT2D eigenvalue weighted by Gasteiger charge is 2.39. The molecule has 6 nitrogen and oxygen atoms in total. The largest absolute Gasteiger partial charge is 0.500 e. The monoisotopic (exact) mass is 364 g/mol. The summed E-state index contributed by atoms with van der Waals surface area (Å²) in [4.78, 5) is 11.8. The molecule has 1 atom stereocenters. The van der Waals surface area contributed by atoms with Crippen molar-refractivity contribution in [2.75, 3.05) is 40.1 Å². The molecule has 0 aliphatic carbocycles. The van der Waals surface area contributed by atoms with Crippen molar-refractivity contribution < 1.29 is 27.5 Å².